The second-order valence-electron chi connectivity index (χ2n) is 6.44. The first-order valence-electron chi connectivity index (χ1n) is 9.48. The molecule has 2 aromatic rings. The van der Waals surface area contributed by atoms with Gasteiger partial charge in [-0.3, -0.25) is 9.69 Å². The van der Waals surface area contributed by atoms with Gasteiger partial charge >= 0.3 is 5.97 Å². The van der Waals surface area contributed by atoms with E-state index in [0.29, 0.717) is 39.7 Å². The third-order valence-corrected chi connectivity index (χ3v) is 5.48. The number of hydrogen-bond donors (Lipinski definition) is 1. The van der Waals surface area contributed by atoms with E-state index in [1.165, 1.54) is 23.9 Å². The summed E-state index contributed by atoms with van der Waals surface area (Å²) in [5.74, 6) is -0.539. The largest absolute Gasteiger partial charge is 0.493 e. The number of amidine groups is 1. The number of carboxylic acid groups (broad SMARTS) is 1. The molecule has 0 aliphatic carbocycles. The standard InChI is InChI=1S/C22H21ClN2O4S/c1-3-10-29-18-9-8-16(23)11-15(18)13-19-20(26)25(4-2)22(30-19)24-17-7-5-6-14(12-17)21(27)28/h5-9,11-13H,3-4,10H2,1-2H3,(H,27,28)/b19-13+,24-22?. The van der Waals surface area contributed by atoms with E-state index in [1.807, 2.05) is 13.8 Å². The van der Waals surface area contributed by atoms with Crippen LogP contribution >= 0.6 is 23.4 Å². The van der Waals surface area contributed by atoms with E-state index in [-0.39, 0.29) is 11.5 Å². The molecular weight excluding hydrogens is 424 g/mol. The van der Waals surface area contributed by atoms with Gasteiger partial charge in [-0.15, -0.1) is 0 Å². The fourth-order valence-corrected chi connectivity index (χ4v) is 4.04. The van der Waals surface area contributed by atoms with Crippen LogP contribution in [0.3, 0.4) is 0 Å². The monoisotopic (exact) mass is 444 g/mol. The van der Waals surface area contributed by atoms with Gasteiger partial charge in [-0.1, -0.05) is 24.6 Å². The molecule has 1 heterocycles. The zero-order valence-corrected chi connectivity index (χ0v) is 18.2. The van der Waals surface area contributed by atoms with E-state index < -0.39 is 5.97 Å². The van der Waals surface area contributed by atoms with Crippen molar-refractivity contribution < 1.29 is 19.4 Å². The van der Waals surface area contributed by atoms with Crippen LogP contribution in [0.4, 0.5) is 5.69 Å². The number of hydrogen-bond acceptors (Lipinski definition) is 5. The van der Waals surface area contributed by atoms with Gasteiger partial charge in [0.15, 0.2) is 5.17 Å². The van der Waals surface area contributed by atoms with Crippen LogP contribution in [0.1, 0.15) is 36.2 Å². The highest BCUT2D eigenvalue weighted by Gasteiger charge is 2.32. The van der Waals surface area contributed by atoms with Crippen LogP contribution in [0.15, 0.2) is 52.4 Å². The summed E-state index contributed by atoms with van der Waals surface area (Å²) in [6, 6.07) is 11.6. The maximum atomic E-state index is 12.9. The first-order valence-corrected chi connectivity index (χ1v) is 10.7. The number of rotatable bonds is 7. The average Bonchev–Trinajstić information content (AvgIpc) is 3.01. The highest BCUT2D eigenvalue weighted by Crippen LogP contribution is 2.36. The first kappa shape index (κ1) is 21.9. The molecule has 1 N–H and O–H groups in total. The number of ether oxygens (including phenoxy) is 1. The van der Waals surface area contributed by atoms with Gasteiger partial charge in [0.2, 0.25) is 0 Å². The predicted octanol–water partition coefficient (Wildman–Crippen LogP) is 5.45. The van der Waals surface area contributed by atoms with E-state index >= 15 is 0 Å². The van der Waals surface area contributed by atoms with Crippen LogP contribution in [0.2, 0.25) is 5.02 Å². The van der Waals surface area contributed by atoms with Crippen molar-refractivity contribution in [1.29, 1.82) is 0 Å². The number of benzene rings is 2. The molecule has 0 radical (unpaired) electrons. The quantitative estimate of drug-likeness (QED) is 0.574. The second-order valence-corrected chi connectivity index (χ2v) is 7.89. The summed E-state index contributed by atoms with van der Waals surface area (Å²) in [6.07, 6.45) is 2.62. The molecule has 1 aliphatic heterocycles. The van der Waals surface area contributed by atoms with Gasteiger partial charge in [0.05, 0.1) is 22.8 Å². The van der Waals surface area contributed by atoms with Crippen LogP contribution < -0.4 is 4.74 Å². The molecule has 0 saturated carbocycles. The van der Waals surface area contributed by atoms with Gasteiger partial charge in [0.25, 0.3) is 5.91 Å². The van der Waals surface area contributed by atoms with Crippen molar-refractivity contribution in [2.45, 2.75) is 20.3 Å². The molecule has 8 heteroatoms. The Balaban J connectivity index is 1.96. The minimum Gasteiger partial charge on any atom is -0.493 e. The van der Waals surface area contributed by atoms with Gasteiger partial charge in [0.1, 0.15) is 5.75 Å². The zero-order chi connectivity index (χ0) is 21.7. The van der Waals surface area contributed by atoms with Crippen molar-refractivity contribution >= 4 is 52.2 Å². The van der Waals surface area contributed by atoms with Crippen molar-refractivity contribution in [3.05, 3.63) is 63.5 Å². The Morgan fingerprint density at radius 1 is 1.27 bits per heavy atom. The number of likely N-dealkylation sites (N-methyl/N-ethyl adjacent to an activating group) is 1. The highest BCUT2D eigenvalue weighted by atomic mass is 35.5. The minimum absolute atomic E-state index is 0.140. The van der Waals surface area contributed by atoms with Crippen LogP contribution in [-0.4, -0.2) is 40.2 Å². The van der Waals surface area contributed by atoms with Gasteiger partial charge in [0, 0.05) is 17.1 Å². The van der Waals surface area contributed by atoms with E-state index in [2.05, 4.69) is 4.99 Å². The number of amides is 1. The molecule has 156 valence electrons. The molecule has 2 aromatic carbocycles. The third-order valence-electron chi connectivity index (χ3n) is 4.24. The Hall–Kier alpha value is -2.77. The molecule has 1 amide bonds. The number of thioether (sulfide) groups is 1. The molecule has 0 aromatic heterocycles. The molecule has 0 bridgehead atoms. The number of halogens is 1. The average molecular weight is 445 g/mol. The SMILES string of the molecule is CCCOc1ccc(Cl)cc1/C=C1/SC(=Nc2cccc(C(=O)O)c2)N(CC)C1=O. The van der Waals surface area contributed by atoms with Crippen molar-refractivity contribution in [3.63, 3.8) is 0 Å². The van der Waals surface area contributed by atoms with E-state index in [9.17, 15) is 14.7 Å². The number of aromatic carboxylic acids is 1. The third kappa shape index (κ3) is 5.04. The Kier molecular flexibility index (Phi) is 7.18. The van der Waals surface area contributed by atoms with E-state index in [4.69, 9.17) is 16.3 Å². The van der Waals surface area contributed by atoms with Gasteiger partial charge < -0.3 is 9.84 Å². The molecule has 6 nitrogen and oxygen atoms in total. The maximum Gasteiger partial charge on any atom is 0.335 e. The molecule has 0 unspecified atom stereocenters. The molecular formula is C22H21ClN2O4S. The first-order chi connectivity index (χ1) is 14.4. The second kappa shape index (κ2) is 9.82. The van der Waals surface area contributed by atoms with Gasteiger partial charge in [-0.2, -0.15) is 0 Å². The normalized spacial score (nSPS) is 16.5. The van der Waals surface area contributed by atoms with Crippen LogP contribution in [0.25, 0.3) is 6.08 Å². The summed E-state index contributed by atoms with van der Waals surface area (Å²) in [6.45, 7) is 4.88. The summed E-state index contributed by atoms with van der Waals surface area (Å²) < 4.78 is 5.77. The molecule has 0 atom stereocenters. The van der Waals surface area contributed by atoms with Crippen LogP contribution in [0.5, 0.6) is 5.75 Å². The van der Waals surface area contributed by atoms with Crippen molar-refractivity contribution in [2.75, 3.05) is 13.2 Å². The molecule has 1 fully saturated rings. The highest BCUT2D eigenvalue weighted by molar-refractivity contribution is 8.18. The van der Waals surface area contributed by atoms with Crippen LogP contribution in [-0.2, 0) is 4.79 Å². The Morgan fingerprint density at radius 3 is 2.77 bits per heavy atom. The van der Waals surface area contributed by atoms with Gasteiger partial charge in [-0.25, -0.2) is 9.79 Å². The number of carbonyl (C=O) groups excluding carboxylic acids is 1. The Bertz CT molecular complexity index is 1040. The van der Waals surface area contributed by atoms with Gasteiger partial charge in [-0.05, 0) is 67.6 Å². The lowest BCUT2D eigenvalue weighted by molar-refractivity contribution is -0.122. The summed E-state index contributed by atoms with van der Waals surface area (Å²) in [4.78, 5) is 30.7. The fraction of sp³-hybridized carbons (Fsp3) is 0.227. The number of aliphatic imine (C=N–C) groups is 1. The minimum atomic E-state index is -1.03. The van der Waals surface area contributed by atoms with Crippen molar-refractivity contribution in [2.24, 2.45) is 4.99 Å². The number of carboxylic acids is 1. The van der Waals surface area contributed by atoms with E-state index in [1.54, 1.807) is 41.3 Å². The molecule has 0 spiro atoms. The van der Waals surface area contributed by atoms with E-state index in [0.717, 1.165) is 12.0 Å². The van der Waals surface area contributed by atoms with Crippen LogP contribution in [0, 0.1) is 0 Å². The van der Waals surface area contributed by atoms with Crippen molar-refractivity contribution in [1.82, 2.24) is 4.90 Å². The molecule has 30 heavy (non-hydrogen) atoms. The smallest absolute Gasteiger partial charge is 0.335 e. The zero-order valence-electron chi connectivity index (χ0n) is 16.6. The summed E-state index contributed by atoms with van der Waals surface area (Å²) in [5, 5.41) is 10.2. The Morgan fingerprint density at radius 2 is 2.07 bits per heavy atom. The summed E-state index contributed by atoms with van der Waals surface area (Å²) in [5.41, 5.74) is 1.33. The molecule has 1 aliphatic rings. The predicted molar refractivity (Wildman–Crippen MR) is 121 cm³/mol. The summed E-state index contributed by atoms with van der Waals surface area (Å²) in [7, 11) is 0. The lowest BCUT2D eigenvalue weighted by Crippen LogP contribution is -2.28. The summed E-state index contributed by atoms with van der Waals surface area (Å²) >= 11 is 7.38. The fourth-order valence-electron chi connectivity index (χ4n) is 2.81. The molecule has 1 saturated heterocycles. The maximum absolute atomic E-state index is 12.9. The number of nitrogens with zero attached hydrogens (tertiary/aromatic N) is 2. The Labute approximate surface area is 184 Å². The molecule has 3 rings (SSSR count). The lowest BCUT2D eigenvalue weighted by atomic mass is 10.2. The lowest BCUT2D eigenvalue weighted by Gasteiger charge is -2.12. The topological polar surface area (TPSA) is 79.2 Å². The van der Waals surface area contributed by atoms with Crippen molar-refractivity contribution in [3.8, 4) is 5.75 Å². The number of carbonyl (C=O) groups is 2.